The van der Waals surface area contributed by atoms with Gasteiger partial charge in [0.2, 0.25) is 0 Å². The number of aromatic nitrogens is 2. The predicted octanol–water partition coefficient (Wildman–Crippen LogP) is 5.01. The van der Waals surface area contributed by atoms with E-state index in [1.807, 2.05) is 19.1 Å². The van der Waals surface area contributed by atoms with Crippen molar-refractivity contribution in [3.63, 3.8) is 0 Å². The molecule has 3 heterocycles. The van der Waals surface area contributed by atoms with Crippen LogP contribution in [0.5, 0.6) is 0 Å². The number of hydrogen-bond acceptors (Lipinski definition) is 3. The van der Waals surface area contributed by atoms with E-state index in [1.165, 1.54) is 23.3 Å². The second-order valence-corrected chi connectivity index (χ2v) is 9.38. The molecule has 2 aliphatic rings. The highest BCUT2D eigenvalue weighted by Crippen LogP contribution is 2.38. The maximum absolute atomic E-state index is 12.0. The lowest BCUT2D eigenvalue weighted by atomic mass is 9.92. The maximum atomic E-state index is 12.0. The average Bonchev–Trinajstić information content (AvgIpc) is 3.17. The molecule has 2 aliphatic heterocycles. The molecule has 1 fully saturated rings. The molecule has 1 aromatic heterocycles. The Morgan fingerprint density at radius 3 is 2.75 bits per heavy atom. The summed E-state index contributed by atoms with van der Waals surface area (Å²) in [5.41, 5.74) is 5.22. The second-order valence-electron chi connectivity index (χ2n) is 9.38. The summed E-state index contributed by atoms with van der Waals surface area (Å²) in [6, 6.07) is 14.9. The number of anilines is 1. The first-order chi connectivity index (χ1) is 15.5. The normalized spacial score (nSPS) is 22.0. The number of amides is 1. The molecule has 2 N–H and O–H groups in total. The summed E-state index contributed by atoms with van der Waals surface area (Å²) in [5, 5.41) is 13.4. The van der Waals surface area contributed by atoms with Crippen molar-refractivity contribution in [2.24, 2.45) is 5.92 Å². The number of carboxylic acid groups (broad SMARTS) is 1. The van der Waals surface area contributed by atoms with Gasteiger partial charge in [-0.3, -0.25) is 4.90 Å². The summed E-state index contributed by atoms with van der Waals surface area (Å²) >= 11 is 0. The first-order valence-corrected chi connectivity index (χ1v) is 11.8. The Morgan fingerprint density at radius 2 is 2.03 bits per heavy atom. The molecule has 2 aromatic carbocycles. The lowest BCUT2D eigenvalue weighted by Gasteiger charge is -2.33. The first-order valence-electron chi connectivity index (χ1n) is 11.8. The van der Waals surface area contributed by atoms with Gasteiger partial charge >= 0.3 is 6.09 Å². The van der Waals surface area contributed by atoms with Crippen LogP contribution >= 0.6 is 0 Å². The molecule has 3 aromatic rings. The summed E-state index contributed by atoms with van der Waals surface area (Å²) < 4.78 is 2.43. The molecule has 32 heavy (non-hydrogen) atoms. The van der Waals surface area contributed by atoms with E-state index >= 15 is 0 Å². The highest BCUT2D eigenvalue weighted by atomic mass is 16.4. The van der Waals surface area contributed by atoms with Gasteiger partial charge in [-0.2, -0.15) is 0 Å². The number of piperidine rings is 1. The quantitative estimate of drug-likeness (QED) is 0.608. The molecular weight excluding hydrogens is 400 g/mol. The van der Waals surface area contributed by atoms with E-state index in [2.05, 4.69) is 47.1 Å². The van der Waals surface area contributed by atoms with Crippen LogP contribution in [-0.4, -0.2) is 39.9 Å². The van der Waals surface area contributed by atoms with Crippen LogP contribution < -0.4 is 10.2 Å². The number of hydrogen-bond donors (Lipinski definition) is 2. The molecule has 0 aliphatic carbocycles. The summed E-state index contributed by atoms with van der Waals surface area (Å²) in [5.74, 6) is 1.63. The van der Waals surface area contributed by atoms with Gasteiger partial charge in [0.05, 0.1) is 16.7 Å². The molecule has 3 atom stereocenters. The van der Waals surface area contributed by atoms with Gasteiger partial charge in [-0.1, -0.05) is 30.3 Å². The van der Waals surface area contributed by atoms with E-state index in [4.69, 9.17) is 4.98 Å². The van der Waals surface area contributed by atoms with Gasteiger partial charge in [0.15, 0.2) is 0 Å². The molecule has 0 saturated carbocycles. The van der Waals surface area contributed by atoms with Gasteiger partial charge in [0.1, 0.15) is 5.82 Å². The monoisotopic (exact) mass is 432 g/mol. The number of nitrogens with one attached hydrogen (secondary N) is 1. The van der Waals surface area contributed by atoms with Crippen molar-refractivity contribution in [3.05, 3.63) is 59.4 Å². The number of fused-ring (bicyclic) bond motifs is 3. The van der Waals surface area contributed by atoms with E-state index in [-0.39, 0.29) is 6.04 Å². The highest BCUT2D eigenvalue weighted by Gasteiger charge is 2.32. The Bertz CT molecular complexity index is 1120. The Kier molecular flexibility index (Phi) is 5.64. The van der Waals surface area contributed by atoms with Crippen LogP contribution in [-0.2, 0) is 12.8 Å². The SMILES string of the molecule is CC(C1CCCNC1)n1c(Cc2ccccc2)nc2c3c(ccc21)N(C(=O)O)[C@@H](C)CC3. The van der Waals surface area contributed by atoms with E-state index in [0.29, 0.717) is 12.0 Å². The van der Waals surface area contributed by atoms with Gasteiger partial charge in [-0.05, 0) is 76.2 Å². The van der Waals surface area contributed by atoms with E-state index < -0.39 is 6.09 Å². The molecular formula is C26H32N4O2. The minimum atomic E-state index is -0.886. The zero-order valence-electron chi connectivity index (χ0n) is 18.9. The maximum Gasteiger partial charge on any atom is 0.412 e. The van der Waals surface area contributed by atoms with Crippen LogP contribution in [0.1, 0.15) is 56.1 Å². The van der Waals surface area contributed by atoms with Gasteiger partial charge in [0.25, 0.3) is 0 Å². The molecule has 5 rings (SSSR count). The van der Waals surface area contributed by atoms with Crippen molar-refractivity contribution in [2.75, 3.05) is 18.0 Å². The summed E-state index contributed by atoms with van der Waals surface area (Å²) in [7, 11) is 0. The molecule has 2 unspecified atom stereocenters. The molecule has 0 bridgehead atoms. The fraction of sp³-hybridized carbons (Fsp3) is 0.462. The molecule has 6 heteroatoms. The number of imidazole rings is 1. The molecule has 0 radical (unpaired) electrons. The van der Waals surface area contributed by atoms with Gasteiger partial charge in [-0.25, -0.2) is 9.78 Å². The Morgan fingerprint density at radius 1 is 1.22 bits per heavy atom. The van der Waals surface area contributed by atoms with Crippen molar-refractivity contribution in [2.45, 2.75) is 58.0 Å². The smallest absolute Gasteiger partial charge is 0.412 e. The lowest BCUT2D eigenvalue weighted by Crippen LogP contribution is -2.41. The predicted molar refractivity (Wildman–Crippen MR) is 128 cm³/mol. The zero-order valence-corrected chi connectivity index (χ0v) is 18.9. The molecule has 1 amide bonds. The average molecular weight is 433 g/mol. The molecule has 6 nitrogen and oxygen atoms in total. The summed E-state index contributed by atoms with van der Waals surface area (Å²) in [4.78, 5) is 18.7. The largest absolute Gasteiger partial charge is 0.465 e. The molecule has 168 valence electrons. The first kappa shape index (κ1) is 21.0. The minimum absolute atomic E-state index is 0.0180. The number of benzene rings is 2. The minimum Gasteiger partial charge on any atom is -0.465 e. The Balaban J connectivity index is 1.65. The molecule has 0 spiro atoms. The van der Waals surface area contributed by atoms with Crippen molar-refractivity contribution < 1.29 is 9.90 Å². The second kappa shape index (κ2) is 8.58. The van der Waals surface area contributed by atoms with E-state index in [1.54, 1.807) is 0 Å². The summed E-state index contributed by atoms with van der Waals surface area (Å²) in [6.07, 6.45) is 3.99. The van der Waals surface area contributed by atoms with Crippen LogP contribution in [0.2, 0.25) is 0 Å². The standard InChI is InChI=1S/C26H32N4O2/c1-17-10-11-21-22(29(17)26(31)32)12-13-23-25(21)28-24(15-19-7-4-3-5-8-19)30(23)18(2)20-9-6-14-27-16-20/h3-5,7-8,12-13,17-18,20,27H,6,9-11,14-16H2,1-2H3,(H,31,32)/t17-,18?,20?/m0/s1. The van der Waals surface area contributed by atoms with Crippen LogP contribution in [0.25, 0.3) is 11.0 Å². The highest BCUT2D eigenvalue weighted by molar-refractivity contribution is 5.94. The summed E-state index contributed by atoms with van der Waals surface area (Å²) in [6.45, 7) is 6.43. The van der Waals surface area contributed by atoms with Gasteiger partial charge < -0.3 is 15.0 Å². The number of aryl methyl sites for hydroxylation is 1. The lowest BCUT2D eigenvalue weighted by molar-refractivity contribution is 0.198. The third-order valence-electron chi connectivity index (χ3n) is 7.36. The fourth-order valence-electron chi connectivity index (χ4n) is 5.60. The van der Waals surface area contributed by atoms with Crippen molar-refractivity contribution in [3.8, 4) is 0 Å². The van der Waals surface area contributed by atoms with E-state index in [0.717, 1.165) is 60.5 Å². The number of rotatable bonds is 4. The van der Waals surface area contributed by atoms with Crippen LogP contribution in [0.15, 0.2) is 42.5 Å². The molecule has 1 saturated heterocycles. The number of carbonyl (C=O) groups is 1. The number of nitrogens with zero attached hydrogens (tertiary/aromatic N) is 3. The Labute approximate surface area is 189 Å². The van der Waals surface area contributed by atoms with Crippen molar-refractivity contribution >= 4 is 22.8 Å². The van der Waals surface area contributed by atoms with Crippen molar-refractivity contribution in [1.82, 2.24) is 14.9 Å². The van der Waals surface area contributed by atoms with Gasteiger partial charge in [-0.15, -0.1) is 0 Å². The Hall–Kier alpha value is -2.86. The van der Waals surface area contributed by atoms with Crippen LogP contribution in [0.4, 0.5) is 10.5 Å². The fourth-order valence-corrected chi connectivity index (χ4v) is 5.60. The van der Waals surface area contributed by atoms with E-state index in [9.17, 15) is 9.90 Å². The van der Waals surface area contributed by atoms with Crippen LogP contribution in [0.3, 0.4) is 0 Å². The third-order valence-corrected chi connectivity index (χ3v) is 7.36. The van der Waals surface area contributed by atoms with Crippen LogP contribution in [0, 0.1) is 5.92 Å². The topological polar surface area (TPSA) is 70.4 Å². The third kappa shape index (κ3) is 3.66. The van der Waals surface area contributed by atoms with Gasteiger partial charge in [0, 0.05) is 24.1 Å². The zero-order chi connectivity index (χ0) is 22.2. The van der Waals surface area contributed by atoms with Crippen molar-refractivity contribution in [1.29, 1.82) is 0 Å².